The fourth-order valence-corrected chi connectivity index (χ4v) is 1.49. The first-order chi connectivity index (χ1) is 8.02. The molecule has 0 heterocycles. The van der Waals surface area contributed by atoms with Gasteiger partial charge in [-0.05, 0) is 31.5 Å². The zero-order chi connectivity index (χ0) is 12.8. The minimum Gasteiger partial charge on any atom is -0.328 e. The first-order valence-corrected chi connectivity index (χ1v) is 5.66. The van der Waals surface area contributed by atoms with Crippen molar-refractivity contribution in [3.63, 3.8) is 0 Å². The van der Waals surface area contributed by atoms with E-state index in [0.717, 1.165) is 0 Å². The van der Waals surface area contributed by atoms with Crippen LogP contribution in [0.15, 0.2) is 18.2 Å². The molecular formula is C12H14ClN3O. The zero-order valence-corrected chi connectivity index (χ0v) is 10.3. The van der Waals surface area contributed by atoms with Gasteiger partial charge < -0.3 is 11.1 Å². The predicted molar refractivity (Wildman–Crippen MR) is 67.7 cm³/mol. The number of amides is 1. The summed E-state index contributed by atoms with van der Waals surface area (Å²) in [5, 5.41) is 11.7. The predicted octanol–water partition coefficient (Wildman–Crippen LogP) is 2.28. The normalized spacial score (nSPS) is 11.6. The van der Waals surface area contributed by atoms with Gasteiger partial charge in [0.15, 0.2) is 0 Å². The lowest BCUT2D eigenvalue weighted by molar-refractivity contribution is -0.116. The van der Waals surface area contributed by atoms with Crippen LogP contribution in [0.5, 0.6) is 0 Å². The molecule has 1 amide bonds. The lowest BCUT2D eigenvalue weighted by Gasteiger charge is -2.07. The van der Waals surface area contributed by atoms with E-state index in [9.17, 15) is 4.79 Å². The number of nitriles is 1. The van der Waals surface area contributed by atoms with E-state index in [1.54, 1.807) is 18.2 Å². The number of hydrogen-bond acceptors (Lipinski definition) is 3. The fraction of sp³-hybridized carbons (Fsp3) is 0.333. The molecular weight excluding hydrogens is 238 g/mol. The minimum absolute atomic E-state index is 0.00491. The van der Waals surface area contributed by atoms with Gasteiger partial charge in [-0.3, -0.25) is 4.79 Å². The summed E-state index contributed by atoms with van der Waals surface area (Å²) in [6, 6.07) is 6.74. The summed E-state index contributed by atoms with van der Waals surface area (Å²) in [7, 11) is 0. The summed E-state index contributed by atoms with van der Waals surface area (Å²) < 4.78 is 0. The van der Waals surface area contributed by atoms with Crippen LogP contribution >= 0.6 is 11.6 Å². The highest BCUT2D eigenvalue weighted by Crippen LogP contribution is 2.20. The van der Waals surface area contributed by atoms with Crippen molar-refractivity contribution in [2.24, 2.45) is 5.73 Å². The summed E-state index contributed by atoms with van der Waals surface area (Å²) in [6.07, 6.45) is 1.01. The molecule has 0 bridgehead atoms. The molecule has 0 aliphatic heterocycles. The first-order valence-electron chi connectivity index (χ1n) is 5.28. The SMILES string of the molecule is CC(N)CCC(=O)Nc1ccc(C#N)c(Cl)c1. The topological polar surface area (TPSA) is 78.9 Å². The summed E-state index contributed by atoms with van der Waals surface area (Å²) in [5.74, 6) is -0.108. The second-order valence-electron chi connectivity index (χ2n) is 3.87. The van der Waals surface area contributed by atoms with Crippen molar-refractivity contribution >= 4 is 23.2 Å². The Hall–Kier alpha value is -1.57. The van der Waals surface area contributed by atoms with Crippen molar-refractivity contribution in [2.45, 2.75) is 25.8 Å². The van der Waals surface area contributed by atoms with E-state index in [4.69, 9.17) is 22.6 Å². The van der Waals surface area contributed by atoms with Crippen molar-refractivity contribution < 1.29 is 4.79 Å². The molecule has 1 aromatic carbocycles. The summed E-state index contributed by atoms with van der Waals surface area (Å²) in [5.41, 5.74) is 6.53. The Morgan fingerprint density at radius 2 is 2.35 bits per heavy atom. The Bertz CT molecular complexity index is 452. The highest BCUT2D eigenvalue weighted by atomic mass is 35.5. The van der Waals surface area contributed by atoms with Crippen LogP contribution in [0, 0.1) is 11.3 Å². The summed E-state index contributed by atoms with van der Waals surface area (Å²) in [4.78, 5) is 11.5. The molecule has 17 heavy (non-hydrogen) atoms. The zero-order valence-electron chi connectivity index (χ0n) is 9.53. The standard InChI is InChI=1S/C12H14ClN3O/c1-8(15)2-5-12(17)16-10-4-3-9(7-14)11(13)6-10/h3-4,6,8H,2,5,15H2,1H3,(H,16,17). The van der Waals surface area contributed by atoms with Crippen molar-refractivity contribution in [1.82, 2.24) is 0 Å². The van der Waals surface area contributed by atoms with Gasteiger partial charge in [0.05, 0.1) is 10.6 Å². The number of nitrogens with one attached hydrogen (secondary N) is 1. The van der Waals surface area contributed by atoms with Gasteiger partial charge in [0, 0.05) is 18.2 Å². The number of carbonyl (C=O) groups is 1. The van der Waals surface area contributed by atoms with E-state index in [2.05, 4.69) is 5.32 Å². The number of carbonyl (C=O) groups excluding carboxylic acids is 1. The monoisotopic (exact) mass is 251 g/mol. The molecule has 0 saturated carbocycles. The van der Waals surface area contributed by atoms with E-state index in [-0.39, 0.29) is 11.9 Å². The van der Waals surface area contributed by atoms with E-state index in [1.165, 1.54) is 0 Å². The molecule has 5 heteroatoms. The van der Waals surface area contributed by atoms with Crippen molar-refractivity contribution in [3.8, 4) is 6.07 Å². The van der Waals surface area contributed by atoms with Crippen LogP contribution < -0.4 is 11.1 Å². The molecule has 0 fully saturated rings. The minimum atomic E-state index is -0.108. The van der Waals surface area contributed by atoms with Crippen molar-refractivity contribution in [2.75, 3.05) is 5.32 Å². The Morgan fingerprint density at radius 3 is 2.88 bits per heavy atom. The molecule has 0 radical (unpaired) electrons. The average molecular weight is 252 g/mol. The van der Waals surface area contributed by atoms with Gasteiger partial charge >= 0.3 is 0 Å². The Balaban J connectivity index is 2.61. The van der Waals surface area contributed by atoms with Crippen LogP contribution in [0.4, 0.5) is 5.69 Å². The van der Waals surface area contributed by atoms with Crippen LogP contribution in [0.1, 0.15) is 25.3 Å². The van der Waals surface area contributed by atoms with E-state index in [0.29, 0.717) is 29.1 Å². The molecule has 0 spiro atoms. The first kappa shape index (κ1) is 13.5. The number of anilines is 1. The Kier molecular flexibility index (Phi) is 4.95. The molecule has 1 aromatic rings. The maximum atomic E-state index is 11.5. The molecule has 0 aliphatic rings. The van der Waals surface area contributed by atoms with Crippen molar-refractivity contribution in [1.29, 1.82) is 5.26 Å². The van der Waals surface area contributed by atoms with Crippen LogP contribution in [0.3, 0.4) is 0 Å². The molecule has 0 aromatic heterocycles. The fourth-order valence-electron chi connectivity index (χ4n) is 1.27. The van der Waals surface area contributed by atoms with Crippen LogP contribution in [0.2, 0.25) is 5.02 Å². The highest BCUT2D eigenvalue weighted by Gasteiger charge is 2.06. The van der Waals surface area contributed by atoms with E-state index in [1.807, 2.05) is 13.0 Å². The molecule has 1 unspecified atom stereocenters. The van der Waals surface area contributed by atoms with Gasteiger partial charge in [0.25, 0.3) is 0 Å². The van der Waals surface area contributed by atoms with Gasteiger partial charge in [-0.25, -0.2) is 0 Å². The summed E-state index contributed by atoms with van der Waals surface area (Å²) in [6.45, 7) is 1.85. The lowest BCUT2D eigenvalue weighted by atomic mass is 10.2. The highest BCUT2D eigenvalue weighted by molar-refractivity contribution is 6.32. The number of benzene rings is 1. The van der Waals surface area contributed by atoms with Crippen LogP contribution in [0.25, 0.3) is 0 Å². The molecule has 4 nitrogen and oxygen atoms in total. The maximum absolute atomic E-state index is 11.5. The lowest BCUT2D eigenvalue weighted by Crippen LogP contribution is -2.19. The molecule has 1 rings (SSSR count). The van der Waals surface area contributed by atoms with Crippen molar-refractivity contribution in [3.05, 3.63) is 28.8 Å². The molecule has 0 saturated heterocycles. The van der Waals surface area contributed by atoms with Gasteiger partial charge in [0.1, 0.15) is 6.07 Å². The number of rotatable bonds is 4. The van der Waals surface area contributed by atoms with E-state index >= 15 is 0 Å². The summed E-state index contributed by atoms with van der Waals surface area (Å²) >= 11 is 5.85. The second kappa shape index (κ2) is 6.24. The number of nitrogens with two attached hydrogens (primary N) is 1. The van der Waals surface area contributed by atoms with E-state index < -0.39 is 0 Å². The number of halogens is 1. The second-order valence-corrected chi connectivity index (χ2v) is 4.28. The van der Waals surface area contributed by atoms with Gasteiger partial charge in [-0.15, -0.1) is 0 Å². The smallest absolute Gasteiger partial charge is 0.224 e. The Labute approximate surface area is 105 Å². The molecule has 90 valence electrons. The van der Waals surface area contributed by atoms with Gasteiger partial charge in [0.2, 0.25) is 5.91 Å². The third kappa shape index (κ3) is 4.43. The number of nitrogens with zero attached hydrogens (tertiary/aromatic N) is 1. The van der Waals surface area contributed by atoms with Crippen LogP contribution in [-0.4, -0.2) is 11.9 Å². The Morgan fingerprint density at radius 1 is 1.65 bits per heavy atom. The molecule has 3 N–H and O–H groups in total. The quantitative estimate of drug-likeness (QED) is 0.862. The number of hydrogen-bond donors (Lipinski definition) is 2. The molecule has 1 atom stereocenters. The average Bonchev–Trinajstić information content (AvgIpc) is 2.26. The third-order valence-electron chi connectivity index (χ3n) is 2.20. The van der Waals surface area contributed by atoms with Crippen LogP contribution in [-0.2, 0) is 4.79 Å². The van der Waals surface area contributed by atoms with Gasteiger partial charge in [-0.1, -0.05) is 11.6 Å². The molecule has 0 aliphatic carbocycles. The maximum Gasteiger partial charge on any atom is 0.224 e. The largest absolute Gasteiger partial charge is 0.328 e. The van der Waals surface area contributed by atoms with Gasteiger partial charge in [-0.2, -0.15) is 5.26 Å². The third-order valence-corrected chi connectivity index (χ3v) is 2.51.